The van der Waals surface area contributed by atoms with E-state index in [4.69, 9.17) is 23.7 Å². The normalized spacial score (nSPS) is 30.9. The summed E-state index contributed by atoms with van der Waals surface area (Å²) in [6.07, 6.45) is -1.77. The van der Waals surface area contributed by atoms with E-state index in [0.717, 1.165) is 29.1 Å². The van der Waals surface area contributed by atoms with E-state index >= 15 is 0 Å². The fourth-order valence-electron chi connectivity index (χ4n) is 7.29. The number of carbonyl (C=O) groups excluding carboxylic acids is 2. The number of hydrogen-bond donors (Lipinski definition) is 5. The van der Waals surface area contributed by atoms with Crippen molar-refractivity contribution in [2.45, 2.75) is 55.9 Å². The molecular formula is C36H38N2O11. The average molecular weight is 675 g/mol. The molecule has 13 heteroatoms. The van der Waals surface area contributed by atoms with Crippen molar-refractivity contribution in [3.63, 3.8) is 0 Å². The van der Waals surface area contributed by atoms with Crippen LogP contribution in [0.3, 0.4) is 0 Å². The Bertz CT molecular complexity index is 1820. The number of phenols is 1. The lowest BCUT2D eigenvalue weighted by atomic mass is 9.74. The van der Waals surface area contributed by atoms with Crippen molar-refractivity contribution >= 4 is 28.9 Å². The Morgan fingerprint density at radius 1 is 1.12 bits per heavy atom. The van der Waals surface area contributed by atoms with E-state index in [2.05, 4.69) is 17.6 Å². The maximum atomic E-state index is 13.7. The Morgan fingerprint density at radius 3 is 2.73 bits per heavy atom. The van der Waals surface area contributed by atoms with Crippen LogP contribution in [0.5, 0.6) is 11.5 Å². The summed E-state index contributed by atoms with van der Waals surface area (Å²) in [6, 6.07) is 12.4. The molecule has 7 rings (SSSR count). The lowest BCUT2D eigenvalue weighted by Crippen LogP contribution is -2.60. The highest BCUT2D eigenvalue weighted by Crippen LogP contribution is 2.48. The number of esters is 1. The topological polar surface area (TPSA) is 180 Å². The second-order valence-electron chi connectivity index (χ2n) is 12.6. The summed E-state index contributed by atoms with van der Waals surface area (Å²) < 4.78 is 28.1. The summed E-state index contributed by atoms with van der Waals surface area (Å²) >= 11 is 0. The number of phenolic OH excluding ortho intramolecular Hbond substituents is 1. The number of aromatic amines is 1. The number of benzene rings is 2. The van der Waals surface area contributed by atoms with E-state index in [9.17, 15) is 30.0 Å². The fourth-order valence-corrected chi connectivity index (χ4v) is 7.29. The highest BCUT2D eigenvalue weighted by atomic mass is 16.8. The molecule has 258 valence electrons. The molecule has 0 bridgehead atoms. The van der Waals surface area contributed by atoms with Crippen LogP contribution in [-0.4, -0.2) is 99.4 Å². The predicted molar refractivity (Wildman–Crippen MR) is 174 cm³/mol. The minimum atomic E-state index is -1.69. The van der Waals surface area contributed by atoms with E-state index < -0.39 is 55.5 Å². The molecule has 49 heavy (non-hydrogen) atoms. The van der Waals surface area contributed by atoms with Gasteiger partial charge in [-0.15, -0.1) is 6.58 Å². The summed E-state index contributed by atoms with van der Waals surface area (Å²) in [5.41, 5.74) is 4.32. The molecule has 2 saturated heterocycles. The van der Waals surface area contributed by atoms with Crippen molar-refractivity contribution in [3.05, 3.63) is 89.9 Å². The number of rotatable bonds is 8. The maximum absolute atomic E-state index is 13.7. The molecule has 13 nitrogen and oxygen atoms in total. The van der Waals surface area contributed by atoms with Gasteiger partial charge in [-0.05, 0) is 48.2 Å². The first kappa shape index (κ1) is 32.9. The fraction of sp³-hybridized carbons (Fsp3) is 0.389. The van der Waals surface area contributed by atoms with Gasteiger partial charge in [0, 0.05) is 41.1 Å². The first-order chi connectivity index (χ1) is 23.7. The lowest BCUT2D eigenvalue weighted by molar-refractivity contribution is -0.339. The molecular weight excluding hydrogens is 636 g/mol. The number of H-pyrrole nitrogens is 1. The van der Waals surface area contributed by atoms with Crippen LogP contribution in [0, 0.1) is 11.8 Å². The molecule has 1 amide bonds. The molecule has 2 fully saturated rings. The van der Waals surface area contributed by atoms with Gasteiger partial charge < -0.3 is 54.0 Å². The molecule has 9 atom stereocenters. The lowest BCUT2D eigenvalue weighted by Gasteiger charge is -2.48. The number of hydrogen-bond acceptors (Lipinski definition) is 11. The number of methoxy groups -OCH3 is 1. The van der Waals surface area contributed by atoms with E-state index in [1.807, 2.05) is 23.1 Å². The van der Waals surface area contributed by atoms with Crippen molar-refractivity contribution in [1.29, 1.82) is 0 Å². The zero-order valence-electron chi connectivity index (χ0n) is 26.7. The Kier molecular flexibility index (Phi) is 8.94. The van der Waals surface area contributed by atoms with Gasteiger partial charge in [0.25, 0.3) is 5.91 Å². The molecule has 0 aliphatic carbocycles. The SMILES string of the molecule is C=C[C@H]1C(OC2O[C@@H](COC(=O)/C=C/c3ccc(O)c(OC)c3)[C@@H](O)[C@H](O)[C@H]2O)OC=C2C(=O)N3CCc4c([nH]c5ccccc45)[C@H]3C[C@H]21. The van der Waals surface area contributed by atoms with Crippen LogP contribution in [0.1, 0.15) is 29.3 Å². The maximum Gasteiger partial charge on any atom is 0.330 e. The number of nitrogens with one attached hydrogen (secondary N) is 1. The highest BCUT2D eigenvalue weighted by molar-refractivity contribution is 5.96. The van der Waals surface area contributed by atoms with Crippen molar-refractivity contribution in [3.8, 4) is 11.5 Å². The Morgan fingerprint density at radius 2 is 1.94 bits per heavy atom. The second kappa shape index (κ2) is 13.3. The number of piperidine rings is 1. The minimum absolute atomic E-state index is 0.0512. The van der Waals surface area contributed by atoms with Crippen molar-refractivity contribution in [2.75, 3.05) is 20.3 Å². The summed E-state index contributed by atoms with van der Waals surface area (Å²) in [7, 11) is 1.40. The zero-order valence-corrected chi connectivity index (χ0v) is 26.7. The third-order valence-electron chi connectivity index (χ3n) is 9.87. The van der Waals surface area contributed by atoms with Crippen LogP contribution in [0.2, 0.25) is 0 Å². The Hall–Kier alpha value is -4.66. The van der Waals surface area contributed by atoms with Gasteiger partial charge in [-0.1, -0.05) is 30.3 Å². The number of ether oxygens (including phenoxy) is 5. The van der Waals surface area contributed by atoms with Crippen molar-refractivity contribution in [1.82, 2.24) is 9.88 Å². The van der Waals surface area contributed by atoms with Crippen LogP contribution < -0.4 is 4.74 Å². The van der Waals surface area contributed by atoms with Gasteiger partial charge in [0.2, 0.25) is 6.29 Å². The Labute approximate surface area is 281 Å². The van der Waals surface area contributed by atoms with Crippen molar-refractivity contribution in [2.24, 2.45) is 11.8 Å². The predicted octanol–water partition coefficient (Wildman–Crippen LogP) is 2.45. The van der Waals surface area contributed by atoms with Crippen LogP contribution >= 0.6 is 0 Å². The van der Waals surface area contributed by atoms with Crippen LogP contribution in [0.15, 0.2) is 73.0 Å². The third-order valence-corrected chi connectivity index (χ3v) is 9.87. The van der Waals surface area contributed by atoms with E-state index in [1.54, 1.807) is 12.1 Å². The molecule has 2 aromatic carbocycles. The first-order valence-electron chi connectivity index (χ1n) is 16.1. The van der Waals surface area contributed by atoms with Gasteiger partial charge in [-0.2, -0.15) is 0 Å². The van der Waals surface area contributed by atoms with Gasteiger partial charge in [-0.25, -0.2) is 4.79 Å². The number of fused-ring (bicyclic) bond motifs is 6. The quantitative estimate of drug-likeness (QED) is 0.135. The number of carbonyl (C=O) groups is 2. The summed E-state index contributed by atoms with van der Waals surface area (Å²) in [5, 5.41) is 43.0. The number of amides is 1. The number of aliphatic hydroxyl groups is 3. The highest BCUT2D eigenvalue weighted by Gasteiger charge is 2.51. The summed E-state index contributed by atoms with van der Waals surface area (Å²) in [4.78, 5) is 31.6. The molecule has 5 heterocycles. The molecule has 1 aromatic heterocycles. The van der Waals surface area contributed by atoms with Crippen LogP contribution in [-0.2, 0) is 35.0 Å². The van der Waals surface area contributed by atoms with E-state index in [0.29, 0.717) is 24.1 Å². The summed E-state index contributed by atoms with van der Waals surface area (Å²) in [6.45, 7) is 4.11. The smallest absolute Gasteiger partial charge is 0.330 e. The largest absolute Gasteiger partial charge is 0.504 e. The third kappa shape index (κ3) is 5.97. The molecule has 2 unspecified atom stereocenters. The zero-order chi connectivity index (χ0) is 34.4. The summed E-state index contributed by atoms with van der Waals surface area (Å²) in [5.74, 6) is -1.56. The van der Waals surface area contributed by atoms with Gasteiger partial charge in [0.1, 0.15) is 31.0 Å². The molecule has 0 radical (unpaired) electrons. The molecule has 4 aliphatic rings. The molecule has 5 N–H and O–H groups in total. The van der Waals surface area contributed by atoms with Gasteiger partial charge in [0.15, 0.2) is 17.8 Å². The molecule has 0 spiro atoms. The standard InChI is InChI=1S/C36H38N2O11/c1-3-19-22-15-25-30-21(20-6-4-5-7-24(20)37-30)12-13-38(25)34(44)23(22)16-47-35(19)49-36-33(43)32(42)31(41)28(48-36)17-46-29(40)11-9-18-8-10-26(39)27(14-18)45-2/h3-11,14,16,19,22,25,28,31-33,35-37,39,41-43H,1,12-13,15,17H2,2H3/b11-9+/t19-,22+,25-,28+,31-,32+,33-,35?,36?/m1/s1. The number of aromatic hydroxyl groups is 1. The van der Waals surface area contributed by atoms with E-state index in [1.165, 1.54) is 37.1 Å². The second-order valence-corrected chi connectivity index (χ2v) is 12.6. The number of para-hydroxylation sites is 1. The van der Waals surface area contributed by atoms with Gasteiger partial charge in [-0.3, -0.25) is 4.79 Å². The molecule has 0 saturated carbocycles. The number of aromatic nitrogens is 1. The number of nitrogens with zero attached hydrogens (tertiary/aromatic N) is 1. The van der Waals surface area contributed by atoms with Gasteiger partial charge >= 0.3 is 5.97 Å². The Balaban J connectivity index is 1.03. The first-order valence-corrected chi connectivity index (χ1v) is 16.1. The average Bonchev–Trinajstić information content (AvgIpc) is 3.50. The minimum Gasteiger partial charge on any atom is -0.504 e. The molecule has 4 aliphatic heterocycles. The van der Waals surface area contributed by atoms with Gasteiger partial charge in [0.05, 0.1) is 25.0 Å². The van der Waals surface area contributed by atoms with Crippen LogP contribution in [0.4, 0.5) is 0 Å². The van der Waals surface area contributed by atoms with Crippen molar-refractivity contribution < 1.29 is 53.7 Å². The van der Waals surface area contributed by atoms with E-state index in [-0.39, 0.29) is 29.4 Å². The number of aliphatic hydroxyl groups excluding tert-OH is 3. The monoisotopic (exact) mass is 674 g/mol. The van der Waals surface area contributed by atoms with Crippen LogP contribution in [0.25, 0.3) is 17.0 Å². The molecule has 3 aromatic rings.